The first-order valence-corrected chi connectivity index (χ1v) is 5.10. The molecule has 0 aliphatic heterocycles. The molecular weight excluding hydrogens is 228 g/mol. The first-order chi connectivity index (χ1) is 7.99. The molecule has 0 spiro atoms. The second-order valence-corrected chi connectivity index (χ2v) is 3.60. The van der Waals surface area contributed by atoms with Crippen LogP contribution in [0, 0.1) is 0 Å². The molecule has 0 saturated carbocycles. The fourth-order valence-corrected chi connectivity index (χ4v) is 1.54. The number of unbranched alkanes of at least 4 members (excludes halogenated alkanes) is 1. The monoisotopic (exact) mass is 242 g/mol. The Kier molecular flexibility index (Phi) is 4.17. The zero-order valence-corrected chi connectivity index (χ0v) is 9.05. The van der Waals surface area contributed by atoms with E-state index in [1.165, 1.54) is 0 Å². The molecule has 0 bridgehead atoms. The average Bonchev–Trinajstić information content (AvgIpc) is 2.28. The molecule has 0 fully saturated rings. The summed E-state index contributed by atoms with van der Waals surface area (Å²) in [6.07, 6.45) is 1.12. The van der Waals surface area contributed by atoms with Crippen molar-refractivity contribution in [1.29, 1.82) is 0 Å². The normalized spacial score (nSPS) is 10.4. The van der Waals surface area contributed by atoms with E-state index in [4.69, 9.17) is 10.2 Å². The van der Waals surface area contributed by atoms with Crippen LogP contribution in [0.1, 0.15) is 28.8 Å². The van der Waals surface area contributed by atoms with Crippen LogP contribution in [0.5, 0.6) is 17.2 Å². The number of carboxylic acids is 1. The minimum absolute atomic E-state index is 0.0345. The highest BCUT2D eigenvalue weighted by molar-refractivity contribution is 5.91. The number of aromatic hydroxyl groups is 3. The number of carbonyl (C=O) groups is 1. The first-order valence-electron chi connectivity index (χ1n) is 5.10. The van der Waals surface area contributed by atoms with Gasteiger partial charge in [-0.1, -0.05) is 0 Å². The summed E-state index contributed by atoms with van der Waals surface area (Å²) in [6, 6.07) is 0.895. The SMILES string of the molecule is O=C(O)c1cc(O)c(O)c(O)c1CCCCO. The molecule has 0 aromatic heterocycles. The smallest absolute Gasteiger partial charge is 0.336 e. The van der Waals surface area contributed by atoms with Gasteiger partial charge in [0.1, 0.15) is 0 Å². The summed E-state index contributed by atoms with van der Waals surface area (Å²) < 4.78 is 0. The largest absolute Gasteiger partial charge is 0.504 e. The third-order valence-electron chi connectivity index (χ3n) is 2.42. The molecule has 0 unspecified atom stereocenters. The average molecular weight is 242 g/mol. The molecule has 6 heteroatoms. The highest BCUT2D eigenvalue weighted by atomic mass is 16.4. The van der Waals surface area contributed by atoms with E-state index < -0.39 is 23.2 Å². The van der Waals surface area contributed by atoms with Crippen LogP contribution in [-0.2, 0) is 6.42 Å². The Labute approximate surface area is 97.4 Å². The molecule has 94 valence electrons. The number of benzene rings is 1. The quantitative estimate of drug-likeness (QED) is 0.385. The number of phenolic OH excluding ortho intramolecular Hbond substituents is 3. The van der Waals surface area contributed by atoms with Crippen molar-refractivity contribution in [3.05, 3.63) is 17.2 Å². The molecule has 1 aromatic carbocycles. The van der Waals surface area contributed by atoms with Crippen molar-refractivity contribution in [2.75, 3.05) is 6.61 Å². The van der Waals surface area contributed by atoms with E-state index in [2.05, 4.69) is 0 Å². The van der Waals surface area contributed by atoms with Crippen molar-refractivity contribution in [3.63, 3.8) is 0 Å². The summed E-state index contributed by atoms with van der Waals surface area (Å²) in [5.41, 5.74) is -0.197. The number of aliphatic hydroxyl groups is 1. The molecule has 0 radical (unpaired) electrons. The molecule has 0 heterocycles. The summed E-state index contributed by atoms with van der Waals surface area (Å²) in [6.45, 7) is -0.0345. The fraction of sp³-hybridized carbons (Fsp3) is 0.364. The molecule has 0 amide bonds. The van der Waals surface area contributed by atoms with Crippen LogP contribution in [0.4, 0.5) is 0 Å². The molecule has 17 heavy (non-hydrogen) atoms. The minimum Gasteiger partial charge on any atom is -0.504 e. The number of aromatic carboxylic acids is 1. The third kappa shape index (κ3) is 2.79. The Morgan fingerprint density at radius 3 is 2.29 bits per heavy atom. The first kappa shape index (κ1) is 13.1. The Morgan fingerprint density at radius 1 is 1.12 bits per heavy atom. The van der Waals surface area contributed by atoms with E-state index in [1.807, 2.05) is 0 Å². The van der Waals surface area contributed by atoms with Gasteiger partial charge in [0, 0.05) is 12.2 Å². The molecule has 5 N–H and O–H groups in total. The number of carboxylic acid groups (broad SMARTS) is 1. The maximum Gasteiger partial charge on any atom is 0.336 e. The van der Waals surface area contributed by atoms with Gasteiger partial charge in [-0.15, -0.1) is 0 Å². The lowest BCUT2D eigenvalue weighted by atomic mass is 9.99. The van der Waals surface area contributed by atoms with Gasteiger partial charge in [0.05, 0.1) is 5.56 Å². The Bertz CT molecular complexity index is 426. The molecule has 6 nitrogen and oxygen atoms in total. The van der Waals surface area contributed by atoms with Crippen molar-refractivity contribution in [3.8, 4) is 17.2 Å². The van der Waals surface area contributed by atoms with Gasteiger partial charge in [-0.3, -0.25) is 0 Å². The molecule has 1 rings (SSSR count). The summed E-state index contributed by atoms with van der Waals surface area (Å²) >= 11 is 0. The molecule has 0 aliphatic rings. The fourth-order valence-electron chi connectivity index (χ4n) is 1.54. The van der Waals surface area contributed by atoms with E-state index in [-0.39, 0.29) is 24.2 Å². The zero-order chi connectivity index (χ0) is 13.0. The Balaban J connectivity index is 3.15. The van der Waals surface area contributed by atoms with Crippen molar-refractivity contribution < 1.29 is 30.3 Å². The van der Waals surface area contributed by atoms with E-state index in [0.29, 0.717) is 12.8 Å². The van der Waals surface area contributed by atoms with Gasteiger partial charge >= 0.3 is 5.97 Å². The van der Waals surface area contributed by atoms with Gasteiger partial charge in [-0.25, -0.2) is 4.79 Å². The molecule has 1 aromatic rings. The predicted octanol–water partition coefficient (Wildman–Crippen LogP) is 0.817. The second-order valence-electron chi connectivity index (χ2n) is 3.60. The molecule has 0 aliphatic carbocycles. The van der Waals surface area contributed by atoms with Crippen LogP contribution >= 0.6 is 0 Å². The van der Waals surface area contributed by atoms with Crippen LogP contribution in [-0.4, -0.2) is 38.1 Å². The van der Waals surface area contributed by atoms with Crippen molar-refractivity contribution in [2.24, 2.45) is 0 Å². The minimum atomic E-state index is -1.30. The van der Waals surface area contributed by atoms with E-state index >= 15 is 0 Å². The van der Waals surface area contributed by atoms with Crippen LogP contribution in [0.25, 0.3) is 0 Å². The lowest BCUT2D eigenvalue weighted by molar-refractivity contribution is 0.0694. The molecular formula is C11H14O6. The summed E-state index contributed by atoms with van der Waals surface area (Å²) in [5, 5.41) is 45.6. The molecule has 0 saturated heterocycles. The standard InChI is InChI=1S/C11H14O6/c12-4-2-1-3-6-7(11(16)17)5-8(13)10(15)9(6)14/h5,12-15H,1-4H2,(H,16,17). The van der Waals surface area contributed by atoms with Crippen LogP contribution in [0.15, 0.2) is 6.07 Å². The maximum absolute atomic E-state index is 10.9. The van der Waals surface area contributed by atoms with Crippen molar-refractivity contribution in [1.82, 2.24) is 0 Å². The van der Waals surface area contributed by atoms with Gasteiger partial charge in [0.2, 0.25) is 5.75 Å². The van der Waals surface area contributed by atoms with Crippen LogP contribution in [0.2, 0.25) is 0 Å². The Hall–Kier alpha value is -1.95. The zero-order valence-electron chi connectivity index (χ0n) is 9.05. The summed E-state index contributed by atoms with van der Waals surface area (Å²) in [5.74, 6) is -3.32. The van der Waals surface area contributed by atoms with Gasteiger partial charge in [-0.2, -0.15) is 0 Å². The number of rotatable bonds is 5. The van der Waals surface area contributed by atoms with E-state index in [1.54, 1.807) is 0 Å². The number of hydrogen-bond donors (Lipinski definition) is 5. The van der Waals surface area contributed by atoms with Crippen molar-refractivity contribution >= 4 is 5.97 Å². The predicted molar refractivity (Wildman–Crippen MR) is 58.4 cm³/mol. The van der Waals surface area contributed by atoms with Gasteiger partial charge in [0.15, 0.2) is 11.5 Å². The number of aliphatic hydroxyl groups excluding tert-OH is 1. The van der Waals surface area contributed by atoms with Crippen LogP contribution < -0.4 is 0 Å². The van der Waals surface area contributed by atoms with Gasteiger partial charge in [-0.05, 0) is 25.3 Å². The molecule has 0 atom stereocenters. The second kappa shape index (κ2) is 5.40. The lowest BCUT2D eigenvalue weighted by Gasteiger charge is -2.11. The maximum atomic E-state index is 10.9. The highest BCUT2D eigenvalue weighted by Crippen LogP contribution is 2.40. The Morgan fingerprint density at radius 2 is 1.76 bits per heavy atom. The summed E-state index contributed by atoms with van der Waals surface area (Å²) in [4.78, 5) is 10.9. The number of hydrogen-bond acceptors (Lipinski definition) is 5. The topological polar surface area (TPSA) is 118 Å². The van der Waals surface area contributed by atoms with Crippen LogP contribution in [0.3, 0.4) is 0 Å². The third-order valence-corrected chi connectivity index (χ3v) is 2.42. The highest BCUT2D eigenvalue weighted by Gasteiger charge is 2.20. The van der Waals surface area contributed by atoms with Gasteiger partial charge < -0.3 is 25.5 Å². The van der Waals surface area contributed by atoms with Crippen molar-refractivity contribution in [2.45, 2.75) is 19.3 Å². The number of phenols is 3. The summed E-state index contributed by atoms with van der Waals surface area (Å²) in [7, 11) is 0. The lowest BCUT2D eigenvalue weighted by Crippen LogP contribution is -2.03. The van der Waals surface area contributed by atoms with E-state index in [9.17, 15) is 20.1 Å². The van der Waals surface area contributed by atoms with E-state index in [0.717, 1.165) is 6.07 Å². The van der Waals surface area contributed by atoms with Gasteiger partial charge in [0.25, 0.3) is 0 Å².